The summed E-state index contributed by atoms with van der Waals surface area (Å²) in [6, 6.07) is 0. The number of hydrogen-bond acceptors (Lipinski definition) is 1. The molecule has 7 heavy (non-hydrogen) atoms. The second-order valence-corrected chi connectivity index (χ2v) is 2.31. The Morgan fingerprint density at radius 1 is 1.86 bits per heavy atom. The van der Waals surface area contributed by atoms with Crippen LogP contribution in [0.2, 0.25) is 0 Å². The molecule has 2 nitrogen and oxygen atoms in total. The molecule has 1 heterocycles. The van der Waals surface area contributed by atoms with Crippen molar-refractivity contribution in [3.05, 3.63) is 11.5 Å². The third-order valence-electron chi connectivity index (χ3n) is 0.571. The van der Waals surface area contributed by atoms with E-state index in [4.69, 9.17) is 5.41 Å². The van der Waals surface area contributed by atoms with Gasteiger partial charge in [-0.2, -0.15) is 0 Å². The van der Waals surface area contributed by atoms with Crippen molar-refractivity contribution in [2.45, 2.75) is 0 Å². The van der Waals surface area contributed by atoms with Gasteiger partial charge in [0, 0.05) is 11.8 Å². The molecule has 0 fully saturated rings. The number of hydrogen-bond donors (Lipinski definition) is 1. The SMILES string of the molecule is C=C1C=NC(=[NH2+])S1. The van der Waals surface area contributed by atoms with E-state index < -0.39 is 0 Å². The minimum atomic E-state index is 0.588. The molecule has 0 aromatic heterocycles. The van der Waals surface area contributed by atoms with Crippen LogP contribution in [-0.4, -0.2) is 11.4 Å². The summed E-state index contributed by atoms with van der Waals surface area (Å²) in [5.74, 6) is 0. The maximum atomic E-state index is 5.25. The molecule has 2 N–H and O–H groups in total. The zero-order valence-electron chi connectivity index (χ0n) is 3.72. The van der Waals surface area contributed by atoms with Gasteiger partial charge in [0.15, 0.2) is 6.21 Å². The van der Waals surface area contributed by atoms with E-state index in [1.165, 1.54) is 11.8 Å². The maximum Gasteiger partial charge on any atom is 0.355 e. The highest BCUT2D eigenvalue weighted by Crippen LogP contribution is 2.16. The zero-order valence-corrected chi connectivity index (χ0v) is 4.53. The number of nitrogens with two attached hydrogens (primary N) is 1. The van der Waals surface area contributed by atoms with E-state index in [0.29, 0.717) is 5.17 Å². The average Bonchev–Trinajstić information content (AvgIpc) is 1.87. The summed E-state index contributed by atoms with van der Waals surface area (Å²) in [4.78, 5) is 4.66. The first kappa shape index (κ1) is 4.59. The predicted octanol–water partition coefficient (Wildman–Crippen LogP) is -0.567. The van der Waals surface area contributed by atoms with Crippen LogP contribution >= 0.6 is 11.8 Å². The van der Waals surface area contributed by atoms with Crippen LogP contribution in [0.15, 0.2) is 16.5 Å². The molecule has 1 aliphatic heterocycles. The van der Waals surface area contributed by atoms with Crippen LogP contribution < -0.4 is 5.41 Å². The smallest absolute Gasteiger partial charge is 0.278 e. The summed E-state index contributed by atoms with van der Waals surface area (Å²) in [5, 5.41) is 5.83. The van der Waals surface area contributed by atoms with Crippen molar-refractivity contribution in [3.8, 4) is 0 Å². The van der Waals surface area contributed by atoms with Crippen LogP contribution in [0.1, 0.15) is 0 Å². The molecular formula is C4H5N2S+. The number of amidine groups is 1. The van der Waals surface area contributed by atoms with E-state index in [9.17, 15) is 0 Å². The van der Waals surface area contributed by atoms with Crippen molar-refractivity contribution < 1.29 is 5.41 Å². The summed E-state index contributed by atoms with van der Waals surface area (Å²) >= 11 is 1.40. The Balaban J connectivity index is 2.76. The van der Waals surface area contributed by atoms with E-state index in [1.807, 2.05) is 0 Å². The van der Waals surface area contributed by atoms with Gasteiger partial charge in [-0.15, -0.1) is 0 Å². The van der Waals surface area contributed by atoms with Crippen LogP contribution in [0.3, 0.4) is 0 Å². The van der Waals surface area contributed by atoms with Crippen molar-refractivity contribution >= 4 is 23.1 Å². The van der Waals surface area contributed by atoms with Gasteiger partial charge in [-0.3, -0.25) is 5.41 Å². The second kappa shape index (κ2) is 1.50. The molecule has 0 amide bonds. The molecule has 1 rings (SSSR count). The van der Waals surface area contributed by atoms with Gasteiger partial charge < -0.3 is 0 Å². The van der Waals surface area contributed by atoms with Crippen LogP contribution in [-0.2, 0) is 0 Å². The molecule has 36 valence electrons. The normalized spacial score (nSPS) is 18.9. The van der Waals surface area contributed by atoms with Crippen LogP contribution in [0, 0.1) is 0 Å². The fourth-order valence-corrected chi connectivity index (χ4v) is 0.802. The third-order valence-corrected chi connectivity index (χ3v) is 1.25. The molecule has 0 spiro atoms. The molecule has 0 bridgehead atoms. The Morgan fingerprint density at radius 2 is 2.57 bits per heavy atom. The summed E-state index contributed by atoms with van der Waals surface area (Å²) in [6.45, 7) is 3.62. The standard InChI is InChI=1S/C4H4N2S/c1-3-2-6-4(5)7-3/h2,5H,1H2/p+1. The maximum absolute atomic E-state index is 5.25. The van der Waals surface area contributed by atoms with Gasteiger partial charge in [-0.25, -0.2) is 0 Å². The minimum Gasteiger partial charge on any atom is -0.278 e. The van der Waals surface area contributed by atoms with Crippen LogP contribution in [0.4, 0.5) is 0 Å². The molecular weight excluding hydrogens is 108 g/mol. The molecule has 0 atom stereocenters. The Hall–Kier alpha value is -0.570. The van der Waals surface area contributed by atoms with Gasteiger partial charge >= 0.3 is 5.17 Å². The number of nitrogens with zero attached hydrogens (tertiary/aromatic N) is 1. The zero-order chi connectivity index (χ0) is 5.28. The highest BCUT2D eigenvalue weighted by atomic mass is 32.2. The molecule has 0 saturated heterocycles. The molecule has 0 saturated carbocycles. The van der Waals surface area contributed by atoms with E-state index >= 15 is 0 Å². The molecule has 0 unspecified atom stereocenters. The molecule has 3 heteroatoms. The first-order chi connectivity index (χ1) is 3.29. The lowest BCUT2D eigenvalue weighted by Crippen LogP contribution is -2.34. The summed E-state index contributed by atoms with van der Waals surface area (Å²) in [5.41, 5.74) is 0. The first-order valence-electron chi connectivity index (χ1n) is 1.82. The number of aliphatic imine (C=N–C) groups is 1. The summed E-state index contributed by atoms with van der Waals surface area (Å²) in [6.07, 6.45) is 1.65. The van der Waals surface area contributed by atoms with Crippen molar-refractivity contribution in [2.24, 2.45) is 4.99 Å². The quantitative estimate of drug-likeness (QED) is 0.449. The van der Waals surface area contributed by atoms with Gasteiger partial charge in [0.05, 0.1) is 4.91 Å². The lowest BCUT2D eigenvalue weighted by atomic mass is 10.7. The Morgan fingerprint density at radius 3 is 2.71 bits per heavy atom. The molecule has 0 radical (unpaired) electrons. The van der Waals surface area contributed by atoms with Gasteiger partial charge in [-0.05, 0) is 4.99 Å². The lowest BCUT2D eigenvalue weighted by molar-refractivity contribution is -0.109. The van der Waals surface area contributed by atoms with E-state index in [1.54, 1.807) is 6.21 Å². The van der Waals surface area contributed by atoms with Gasteiger partial charge in [-0.1, -0.05) is 6.58 Å². The van der Waals surface area contributed by atoms with Gasteiger partial charge in [0.25, 0.3) is 0 Å². The highest BCUT2D eigenvalue weighted by Gasteiger charge is 2.12. The van der Waals surface area contributed by atoms with Crippen LogP contribution in [0.5, 0.6) is 0 Å². The number of rotatable bonds is 0. The summed E-state index contributed by atoms with van der Waals surface area (Å²) in [7, 11) is 0. The Bertz CT molecular complexity index is 132. The van der Waals surface area contributed by atoms with Crippen molar-refractivity contribution in [2.75, 3.05) is 0 Å². The minimum absolute atomic E-state index is 0.588. The van der Waals surface area contributed by atoms with Crippen molar-refractivity contribution in [1.29, 1.82) is 0 Å². The Labute approximate surface area is 45.8 Å². The monoisotopic (exact) mass is 113 g/mol. The molecule has 0 aromatic carbocycles. The van der Waals surface area contributed by atoms with Gasteiger partial charge in [0.2, 0.25) is 0 Å². The van der Waals surface area contributed by atoms with E-state index in [-0.39, 0.29) is 0 Å². The average molecular weight is 113 g/mol. The fraction of sp³-hybridized carbons (Fsp3) is 0. The number of allylic oxidation sites excluding steroid dienone is 1. The second-order valence-electron chi connectivity index (χ2n) is 1.16. The third kappa shape index (κ3) is 0.899. The topological polar surface area (TPSA) is 38.0 Å². The number of thioether (sulfide) groups is 1. The predicted molar refractivity (Wildman–Crippen MR) is 32.2 cm³/mol. The highest BCUT2D eigenvalue weighted by molar-refractivity contribution is 8.18. The van der Waals surface area contributed by atoms with E-state index in [0.717, 1.165) is 4.91 Å². The molecule has 0 aliphatic carbocycles. The van der Waals surface area contributed by atoms with Gasteiger partial charge in [0.1, 0.15) is 0 Å². The Kier molecular flexibility index (Phi) is 0.982. The van der Waals surface area contributed by atoms with E-state index in [2.05, 4.69) is 11.6 Å². The first-order valence-corrected chi connectivity index (χ1v) is 2.64. The van der Waals surface area contributed by atoms with Crippen molar-refractivity contribution in [1.82, 2.24) is 0 Å². The fourth-order valence-electron chi connectivity index (χ4n) is 0.323. The summed E-state index contributed by atoms with van der Waals surface area (Å²) < 4.78 is 0. The molecule has 0 aromatic rings. The van der Waals surface area contributed by atoms with Crippen molar-refractivity contribution in [3.63, 3.8) is 0 Å². The largest absolute Gasteiger partial charge is 0.355 e. The molecule has 1 aliphatic rings. The van der Waals surface area contributed by atoms with Crippen LogP contribution in [0.25, 0.3) is 0 Å². The lowest BCUT2D eigenvalue weighted by Gasteiger charge is -1.71.